The van der Waals surface area contributed by atoms with Gasteiger partial charge in [0.25, 0.3) is 0 Å². The summed E-state index contributed by atoms with van der Waals surface area (Å²) in [6.45, 7) is 3.27. The Morgan fingerprint density at radius 1 is 1.24 bits per heavy atom. The summed E-state index contributed by atoms with van der Waals surface area (Å²) >= 11 is 0. The minimum absolute atomic E-state index is 0.291. The number of likely N-dealkylation sites (N-methyl/N-ethyl adjacent to an activating group) is 1. The highest BCUT2D eigenvalue weighted by Gasteiger charge is 2.18. The predicted molar refractivity (Wildman–Crippen MR) is 96.9 cm³/mol. The number of imidazole rings is 1. The number of piperidine rings is 1. The van der Waals surface area contributed by atoms with E-state index < -0.39 is 0 Å². The van der Waals surface area contributed by atoms with Crippen molar-refractivity contribution in [1.82, 2.24) is 19.4 Å². The largest absolute Gasteiger partial charge is 0.497 e. The van der Waals surface area contributed by atoms with Crippen molar-refractivity contribution in [1.29, 1.82) is 0 Å². The molecule has 0 atom stereocenters. The molecule has 134 valence electrons. The topological polar surface area (TPSA) is 50.6 Å². The van der Waals surface area contributed by atoms with Gasteiger partial charge in [-0.2, -0.15) is 0 Å². The molecule has 1 fully saturated rings. The Morgan fingerprint density at radius 3 is 2.76 bits per heavy atom. The molecule has 1 amide bonds. The number of carbonyl (C=O) groups excluding carboxylic acids is 1. The number of carbonyl (C=O) groups is 1. The summed E-state index contributed by atoms with van der Waals surface area (Å²) in [5.41, 5.74) is 1.06. The molecular formula is C19H26N4O2. The van der Waals surface area contributed by atoms with Crippen molar-refractivity contribution in [3.05, 3.63) is 42.5 Å². The van der Waals surface area contributed by atoms with E-state index in [4.69, 9.17) is 4.74 Å². The summed E-state index contributed by atoms with van der Waals surface area (Å²) < 4.78 is 7.30. The van der Waals surface area contributed by atoms with Gasteiger partial charge in [0.2, 0.25) is 5.91 Å². The maximum absolute atomic E-state index is 11.9. The van der Waals surface area contributed by atoms with Gasteiger partial charge in [0, 0.05) is 44.1 Å². The van der Waals surface area contributed by atoms with E-state index in [-0.39, 0.29) is 0 Å². The normalized spacial score (nSPS) is 15.0. The zero-order valence-corrected chi connectivity index (χ0v) is 15.0. The Kier molecular flexibility index (Phi) is 5.71. The summed E-state index contributed by atoms with van der Waals surface area (Å²) in [6.07, 6.45) is 6.65. The lowest BCUT2D eigenvalue weighted by Gasteiger charge is -2.28. The van der Waals surface area contributed by atoms with Gasteiger partial charge in [0.15, 0.2) is 0 Å². The molecule has 0 spiro atoms. The Labute approximate surface area is 149 Å². The van der Waals surface area contributed by atoms with Crippen molar-refractivity contribution in [2.75, 3.05) is 33.8 Å². The van der Waals surface area contributed by atoms with Crippen LogP contribution >= 0.6 is 0 Å². The fourth-order valence-corrected chi connectivity index (χ4v) is 3.14. The van der Waals surface area contributed by atoms with Crippen LogP contribution in [0.5, 0.6) is 5.75 Å². The number of rotatable bonds is 7. The second-order valence-electron chi connectivity index (χ2n) is 6.49. The lowest BCUT2D eigenvalue weighted by molar-refractivity contribution is -0.133. The molecule has 6 nitrogen and oxygen atoms in total. The number of benzene rings is 1. The summed E-state index contributed by atoms with van der Waals surface area (Å²) in [6, 6.07) is 7.95. The molecule has 2 heterocycles. The van der Waals surface area contributed by atoms with E-state index in [1.165, 1.54) is 0 Å². The minimum Gasteiger partial charge on any atom is -0.497 e. The second-order valence-corrected chi connectivity index (χ2v) is 6.49. The van der Waals surface area contributed by atoms with E-state index in [1.807, 2.05) is 41.6 Å². The third-order valence-electron chi connectivity index (χ3n) is 4.65. The van der Waals surface area contributed by atoms with Crippen molar-refractivity contribution in [3.63, 3.8) is 0 Å². The number of ether oxygens (including phenoxy) is 1. The van der Waals surface area contributed by atoms with Crippen molar-refractivity contribution in [3.8, 4) is 11.4 Å². The summed E-state index contributed by atoms with van der Waals surface area (Å²) in [5.74, 6) is 2.12. The third-order valence-corrected chi connectivity index (χ3v) is 4.65. The maximum Gasteiger partial charge on any atom is 0.222 e. The van der Waals surface area contributed by atoms with E-state index >= 15 is 0 Å². The van der Waals surface area contributed by atoms with Gasteiger partial charge >= 0.3 is 0 Å². The first-order valence-corrected chi connectivity index (χ1v) is 8.80. The van der Waals surface area contributed by atoms with Crippen LogP contribution in [0.2, 0.25) is 0 Å². The molecule has 0 N–H and O–H groups in total. The summed E-state index contributed by atoms with van der Waals surface area (Å²) in [5, 5.41) is 0. The third kappa shape index (κ3) is 4.39. The summed E-state index contributed by atoms with van der Waals surface area (Å²) in [7, 11) is 3.74. The monoisotopic (exact) mass is 342 g/mol. The van der Waals surface area contributed by atoms with Gasteiger partial charge < -0.3 is 14.2 Å². The number of likely N-dealkylation sites (tertiary alicyclic amines) is 1. The molecule has 0 saturated carbocycles. The maximum atomic E-state index is 11.9. The van der Waals surface area contributed by atoms with Gasteiger partial charge in [-0.05, 0) is 44.2 Å². The zero-order valence-electron chi connectivity index (χ0n) is 15.0. The number of hydrogen-bond acceptors (Lipinski definition) is 4. The number of amides is 1. The standard InChI is InChI=1S/C19H26N4O2/c1-21(13-14-22-11-4-3-5-19(22)24)15-18-20-10-12-23(18)16-6-8-17(25-2)9-7-16/h6-10,12H,3-5,11,13-15H2,1-2H3. The van der Waals surface area contributed by atoms with Crippen molar-refractivity contribution in [2.24, 2.45) is 0 Å². The van der Waals surface area contributed by atoms with Gasteiger partial charge in [-0.15, -0.1) is 0 Å². The van der Waals surface area contributed by atoms with E-state index in [0.29, 0.717) is 12.3 Å². The van der Waals surface area contributed by atoms with Crippen LogP contribution in [0, 0.1) is 0 Å². The highest BCUT2D eigenvalue weighted by molar-refractivity contribution is 5.76. The first-order valence-electron chi connectivity index (χ1n) is 8.80. The van der Waals surface area contributed by atoms with Crippen LogP contribution < -0.4 is 4.74 Å². The summed E-state index contributed by atoms with van der Waals surface area (Å²) in [4.78, 5) is 20.6. The van der Waals surface area contributed by atoms with Crippen molar-refractivity contribution < 1.29 is 9.53 Å². The Morgan fingerprint density at radius 2 is 2.04 bits per heavy atom. The number of nitrogens with zero attached hydrogens (tertiary/aromatic N) is 4. The molecule has 0 aliphatic carbocycles. The Balaban J connectivity index is 1.59. The molecule has 0 radical (unpaired) electrons. The van der Waals surface area contributed by atoms with Crippen molar-refractivity contribution >= 4 is 5.91 Å². The Bertz CT molecular complexity index is 696. The average molecular weight is 342 g/mol. The van der Waals surface area contributed by atoms with E-state index in [1.54, 1.807) is 7.11 Å². The van der Waals surface area contributed by atoms with Gasteiger partial charge in [-0.1, -0.05) is 0 Å². The molecule has 1 aromatic carbocycles. The van der Waals surface area contributed by atoms with Crippen LogP contribution in [0.3, 0.4) is 0 Å². The number of aromatic nitrogens is 2. The van der Waals surface area contributed by atoms with Crippen LogP contribution in [0.15, 0.2) is 36.7 Å². The quantitative estimate of drug-likeness (QED) is 0.775. The second kappa shape index (κ2) is 8.16. The molecule has 1 saturated heterocycles. The minimum atomic E-state index is 0.291. The molecular weight excluding hydrogens is 316 g/mol. The van der Waals surface area contributed by atoms with Crippen LogP contribution in [0.25, 0.3) is 5.69 Å². The SMILES string of the molecule is COc1ccc(-n2ccnc2CN(C)CCN2CCCCC2=O)cc1. The van der Waals surface area contributed by atoms with Crippen LogP contribution in [-0.2, 0) is 11.3 Å². The van der Waals surface area contributed by atoms with E-state index in [0.717, 1.165) is 56.3 Å². The first kappa shape index (κ1) is 17.5. The molecule has 0 unspecified atom stereocenters. The van der Waals surface area contributed by atoms with E-state index in [9.17, 15) is 4.79 Å². The van der Waals surface area contributed by atoms with Crippen molar-refractivity contribution in [2.45, 2.75) is 25.8 Å². The van der Waals surface area contributed by atoms with Gasteiger partial charge in [-0.3, -0.25) is 9.69 Å². The number of hydrogen-bond donors (Lipinski definition) is 0. The fourth-order valence-electron chi connectivity index (χ4n) is 3.14. The molecule has 6 heteroatoms. The smallest absolute Gasteiger partial charge is 0.222 e. The van der Waals surface area contributed by atoms with Gasteiger partial charge in [-0.25, -0.2) is 4.98 Å². The lowest BCUT2D eigenvalue weighted by Crippen LogP contribution is -2.40. The molecule has 1 aliphatic rings. The molecule has 0 bridgehead atoms. The molecule has 1 aliphatic heterocycles. The molecule has 3 rings (SSSR count). The Hall–Kier alpha value is -2.34. The molecule has 25 heavy (non-hydrogen) atoms. The molecule has 2 aromatic rings. The average Bonchev–Trinajstić information content (AvgIpc) is 3.09. The van der Waals surface area contributed by atoms with Crippen LogP contribution in [0.1, 0.15) is 25.1 Å². The predicted octanol–water partition coefficient (Wildman–Crippen LogP) is 2.33. The number of methoxy groups -OCH3 is 1. The fraction of sp³-hybridized carbons (Fsp3) is 0.474. The molecule has 1 aromatic heterocycles. The van der Waals surface area contributed by atoms with Crippen LogP contribution in [-0.4, -0.2) is 59.0 Å². The highest BCUT2D eigenvalue weighted by Crippen LogP contribution is 2.17. The zero-order chi connectivity index (χ0) is 17.6. The first-order chi connectivity index (χ1) is 12.2. The van der Waals surface area contributed by atoms with Gasteiger partial charge in [0.05, 0.1) is 13.7 Å². The van der Waals surface area contributed by atoms with Gasteiger partial charge in [0.1, 0.15) is 11.6 Å². The lowest BCUT2D eigenvalue weighted by atomic mass is 10.1. The highest BCUT2D eigenvalue weighted by atomic mass is 16.5. The van der Waals surface area contributed by atoms with Crippen LogP contribution in [0.4, 0.5) is 0 Å². The van der Waals surface area contributed by atoms with E-state index in [2.05, 4.69) is 21.5 Å².